The van der Waals surface area contributed by atoms with Crippen molar-refractivity contribution in [1.82, 2.24) is 4.90 Å². The smallest absolute Gasteiger partial charge is 0.328 e. The van der Waals surface area contributed by atoms with E-state index in [0.717, 1.165) is 8.66 Å². The van der Waals surface area contributed by atoms with Gasteiger partial charge in [-0.15, -0.1) is 11.3 Å². The fraction of sp³-hybridized carbons (Fsp3) is 0.400. The van der Waals surface area contributed by atoms with Gasteiger partial charge in [0.2, 0.25) is 0 Å². The fourth-order valence-electron chi connectivity index (χ4n) is 1.69. The first kappa shape index (κ1) is 11.6. The molecule has 0 saturated heterocycles. The molecule has 0 aromatic carbocycles. The first-order valence-electron chi connectivity index (χ1n) is 4.71. The maximum atomic E-state index is 12.0. The van der Waals surface area contributed by atoms with Crippen LogP contribution in [0.1, 0.15) is 22.2 Å². The number of hydrogen-bond donors (Lipinski definition) is 0. The second-order valence-corrected chi connectivity index (χ2v) is 6.04. The molecule has 0 fully saturated rings. The largest absolute Gasteiger partial charge is 0.467 e. The summed E-state index contributed by atoms with van der Waals surface area (Å²) in [6, 6.07) is 1.27. The second-order valence-electron chi connectivity index (χ2n) is 3.52. The second kappa shape index (κ2) is 4.18. The number of rotatable bonds is 2. The zero-order valence-corrected chi connectivity index (χ0v) is 11.2. The Kier molecular flexibility index (Phi) is 3.03. The molecule has 2 heterocycles. The van der Waals surface area contributed by atoms with Gasteiger partial charge in [0.15, 0.2) is 0 Å². The molecule has 1 aliphatic rings. The van der Waals surface area contributed by atoms with E-state index in [4.69, 9.17) is 0 Å². The first-order chi connectivity index (χ1) is 7.54. The first-order valence-corrected chi connectivity index (χ1v) is 6.32. The number of esters is 1. The quantitative estimate of drug-likeness (QED) is 0.785. The molecule has 4 nitrogen and oxygen atoms in total. The van der Waals surface area contributed by atoms with Crippen molar-refractivity contribution in [2.45, 2.75) is 19.5 Å². The van der Waals surface area contributed by atoms with Gasteiger partial charge >= 0.3 is 5.97 Å². The van der Waals surface area contributed by atoms with E-state index in [1.54, 1.807) is 13.0 Å². The van der Waals surface area contributed by atoms with E-state index < -0.39 is 6.04 Å². The van der Waals surface area contributed by atoms with Crippen LogP contribution >= 0.6 is 27.3 Å². The van der Waals surface area contributed by atoms with Gasteiger partial charge in [0.25, 0.3) is 5.91 Å². The maximum Gasteiger partial charge on any atom is 0.328 e. The van der Waals surface area contributed by atoms with Crippen LogP contribution in [-0.2, 0) is 16.1 Å². The highest BCUT2D eigenvalue weighted by Gasteiger charge is 2.35. The summed E-state index contributed by atoms with van der Waals surface area (Å²) in [5.41, 5.74) is 0.688. The molecule has 1 aliphatic heterocycles. The summed E-state index contributed by atoms with van der Waals surface area (Å²) >= 11 is 4.86. The van der Waals surface area contributed by atoms with Gasteiger partial charge in [-0.2, -0.15) is 0 Å². The topological polar surface area (TPSA) is 46.6 Å². The highest BCUT2D eigenvalue weighted by molar-refractivity contribution is 9.11. The Morgan fingerprint density at radius 3 is 2.94 bits per heavy atom. The molecule has 86 valence electrons. The number of nitrogens with zero attached hydrogens (tertiary/aromatic N) is 1. The normalized spacial score (nSPS) is 16.2. The summed E-state index contributed by atoms with van der Waals surface area (Å²) in [4.78, 5) is 25.9. The summed E-state index contributed by atoms with van der Waals surface area (Å²) in [5.74, 6) is -0.489. The number of ether oxygens (including phenoxy) is 1. The average Bonchev–Trinajstić information content (AvgIpc) is 2.75. The Hall–Kier alpha value is -0.880. The third-order valence-corrected chi connectivity index (χ3v) is 4.22. The molecule has 0 saturated carbocycles. The lowest BCUT2D eigenvalue weighted by molar-refractivity contribution is -0.145. The maximum absolute atomic E-state index is 12.0. The van der Waals surface area contributed by atoms with Gasteiger partial charge in [-0.25, -0.2) is 4.79 Å². The monoisotopic (exact) mass is 303 g/mol. The highest BCUT2D eigenvalue weighted by atomic mass is 79.9. The summed E-state index contributed by atoms with van der Waals surface area (Å²) in [6.45, 7) is 2.16. The predicted octanol–water partition coefficient (Wildman–Crippen LogP) is 2.03. The molecule has 0 N–H and O–H groups in total. The van der Waals surface area contributed by atoms with Crippen LogP contribution in [0.4, 0.5) is 0 Å². The molecule has 0 radical (unpaired) electrons. The number of hydrogen-bond acceptors (Lipinski definition) is 4. The SMILES string of the molecule is COC(=O)C(C)N1Cc2sc(Br)cc2C1=O. The van der Waals surface area contributed by atoms with Crippen molar-refractivity contribution in [2.24, 2.45) is 0 Å². The van der Waals surface area contributed by atoms with Gasteiger partial charge in [0, 0.05) is 4.88 Å². The molecule has 0 aliphatic carbocycles. The zero-order valence-electron chi connectivity index (χ0n) is 8.82. The van der Waals surface area contributed by atoms with Crippen molar-refractivity contribution < 1.29 is 14.3 Å². The van der Waals surface area contributed by atoms with E-state index in [2.05, 4.69) is 20.7 Å². The molecular weight excluding hydrogens is 294 g/mol. The molecule has 1 aromatic rings. The van der Waals surface area contributed by atoms with E-state index in [1.165, 1.54) is 23.3 Å². The van der Waals surface area contributed by atoms with E-state index in [9.17, 15) is 9.59 Å². The van der Waals surface area contributed by atoms with Gasteiger partial charge in [-0.05, 0) is 28.9 Å². The van der Waals surface area contributed by atoms with Gasteiger partial charge < -0.3 is 9.64 Å². The van der Waals surface area contributed by atoms with E-state index >= 15 is 0 Å². The van der Waals surface area contributed by atoms with Crippen LogP contribution in [-0.4, -0.2) is 29.9 Å². The zero-order chi connectivity index (χ0) is 11.9. The number of halogens is 1. The molecule has 1 unspecified atom stereocenters. The fourth-order valence-corrected chi connectivity index (χ4v) is 3.37. The van der Waals surface area contributed by atoms with Crippen LogP contribution in [0.3, 0.4) is 0 Å². The van der Waals surface area contributed by atoms with Gasteiger partial charge in [0.05, 0.1) is 23.0 Å². The van der Waals surface area contributed by atoms with Crippen molar-refractivity contribution in [3.8, 4) is 0 Å². The van der Waals surface area contributed by atoms with Crippen molar-refractivity contribution in [3.05, 3.63) is 20.3 Å². The van der Waals surface area contributed by atoms with Crippen LogP contribution < -0.4 is 0 Å². The molecule has 0 spiro atoms. The van der Waals surface area contributed by atoms with Crippen molar-refractivity contribution in [2.75, 3.05) is 7.11 Å². The molecule has 0 bridgehead atoms. The Labute approximate surface area is 105 Å². The molecule has 16 heavy (non-hydrogen) atoms. The minimum absolute atomic E-state index is 0.102. The van der Waals surface area contributed by atoms with Crippen molar-refractivity contribution in [1.29, 1.82) is 0 Å². The summed E-state index contributed by atoms with van der Waals surface area (Å²) in [5, 5.41) is 0. The van der Waals surface area contributed by atoms with Crippen LogP contribution in [0, 0.1) is 0 Å². The van der Waals surface area contributed by atoms with Gasteiger partial charge in [-0.3, -0.25) is 4.79 Å². The Morgan fingerprint density at radius 2 is 2.38 bits per heavy atom. The molecule has 6 heteroatoms. The van der Waals surface area contributed by atoms with Gasteiger partial charge in [0.1, 0.15) is 6.04 Å². The van der Waals surface area contributed by atoms with Crippen molar-refractivity contribution >= 4 is 39.1 Å². The third-order valence-electron chi connectivity index (χ3n) is 2.59. The number of carbonyl (C=O) groups excluding carboxylic acids is 2. The molecule has 1 aromatic heterocycles. The lowest BCUT2D eigenvalue weighted by Crippen LogP contribution is -2.39. The lowest BCUT2D eigenvalue weighted by Gasteiger charge is -2.21. The third kappa shape index (κ3) is 1.76. The molecule has 1 amide bonds. The standard InChI is InChI=1S/C10H10BrNO3S/c1-5(10(14)15-2)12-4-7-6(9(12)13)3-8(11)16-7/h3,5H,4H2,1-2H3. The summed E-state index contributed by atoms with van der Waals surface area (Å²) in [7, 11) is 1.33. The predicted molar refractivity (Wildman–Crippen MR) is 63.4 cm³/mol. The minimum atomic E-state index is -0.532. The molecular formula is C10H10BrNO3S. The number of thiophene rings is 1. The Bertz CT molecular complexity index is 457. The summed E-state index contributed by atoms with van der Waals surface area (Å²) in [6.07, 6.45) is 0. The van der Waals surface area contributed by atoms with Crippen LogP contribution in [0.15, 0.2) is 9.85 Å². The number of fused-ring (bicyclic) bond motifs is 1. The Morgan fingerprint density at radius 1 is 1.69 bits per heavy atom. The van der Waals surface area contributed by atoms with Crippen LogP contribution in [0.2, 0.25) is 0 Å². The average molecular weight is 304 g/mol. The van der Waals surface area contributed by atoms with E-state index in [-0.39, 0.29) is 11.9 Å². The molecule has 1 atom stereocenters. The van der Waals surface area contributed by atoms with Crippen molar-refractivity contribution in [3.63, 3.8) is 0 Å². The number of methoxy groups -OCH3 is 1. The van der Waals surface area contributed by atoms with Crippen LogP contribution in [0.25, 0.3) is 0 Å². The Balaban J connectivity index is 2.22. The number of amides is 1. The van der Waals surface area contributed by atoms with Gasteiger partial charge in [-0.1, -0.05) is 0 Å². The number of carbonyl (C=O) groups is 2. The van der Waals surface area contributed by atoms with Crippen LogP contribution in [0.5, 0.6) is 0 Å². The van der Waals surface area contributed by atoms with E-state index in [1.807, 2.05) is 0 Å². The molecule has 2 rings (SSSR count). The summed E-state index contributed by atoms with van der Waals surface area (Å²) < 4.78 is 5.57. The highest BCUT2D eigenvalue weighted by Crippen LogP contribution is 2.34. The minimum Gasteiger partial charge on any atom is -0.467 e. The van der Waals surface area contributed by atoms with E-state index in [0.29, 0.717) is 12.1 Å². The lowest BCUT2D eigenvalue weighted by atomic mass is 10.3.